The molecule has 3 N–H and O–H groups in total. The van der Waals surface area contributed by atoms with Gasteiger partial charge in [-0.2, -0.15) is 0 Å². The molecule has 0 aliphatic heterocycles. The number of rotatable bonds is 7. The van der Waals surface area contributed by atoms with E-state index in [2.05, 4.69) is 10.6 Å². The number of fused-ring (bicyclic) bond motifs is 1. The fourth-order valence-corrected chi connectivity index (χ4v) is 2.62. The van der Waals surface area contributed by atoms with E-state index in [0.717, 1.165) is 37.2 Å². The quantitative estimate of drug-likeness (QED) is 0.671. The Labute approximate surface area is 125 Å². The predicted octanol–water partition coefficient (Wildman–Crippen LogP) is 1.76. The van der Waals surface area contributed by atoms with E-state index in [-0.39, 0.29) is 12.1 Å². The third kappa shape index (κ3) is 4.44. The molecule has 1 aliphatic carbocycles. The van der Waals surface area contributed by atoms with Crippen molar-refractivity contribution >= 4 is 6.03 Å². The van der Waals surface area contributed by atoms with Crippen LogP contribution in [0.1, 0.15) is 36.9 Å². The Balaban J connectivity index is 1.73. The average molecular weight is 292 g/mol. The van der Waals surface area contributed by atoms with Crippen LogP contribution in [0.2, 0.25) is 0 Å². The van der Waals surface area contributed by atoms with Crippen molar-refractivity contribution in [2.24, 2.45) is 0 Å². The van der Waals surface area contributed by atoms with Crippen LogP contribution < -0.4 is 10.6 Å². The number of aliphatic hydroxyl groups is 1. The monoisotopic (exact) mass is 292 g/mol. The Morgan fingerprint density at radius 1 is 1.38 bits per heavy atom. The first-order chi connectivity index (χ1) is 10.2. The fraction of sp³-hybridized carbons (Fsp3) is 0.562. The Hall–Kier alpha value is -1.59. The minimum absolute atomic E-state index is 0.229. The summed E-state index contributed by atoms with van der Waals surface area (Å²) in [5, 5.41) is 15.7. The van der Waals surface area contributed by atoms with E-state index in [1.165, 1.54) is 0 Å². The number of hydrogen-bond acceptors (Lipinski definition) is 3. The van der Waals surface area contributed by atoms with Gasteiger partial charge in [0.15, 0.2) is 0 Å². The van der Waals surface area contributed by atoms with Gasteiger partial charge in [0, 0.05) is 26.2 Å². The van der Waals surface area contributed by atoms with Crippen LogP contribution in [-0.2, 0) is 11.2 Å². The van der Waals surface area contributed by atoms with Gasteiger partial charge in [-0.05, 0) is 30.9 Å². The number of amides is 2. The lowest BCUT2D eigenvalue weighted by Crippen LogP contribution is -2.41. The molecule has 0 heterocycles. The molecule has 0 radical (unpaired) electrons. The number of carbonyl (C=O) groups is 1. The predicted molar refractivity (Wildman–Crippen MR) is 81.2 cm³/mol. The third-order valence-corrected chi connectivity index (χ3v) is 3.70. The number of carbonyl (C=O) groups excluding carboxylic acids is 1. The molecule has 5 nitrogen and oxygen atoms in total. The number of benzene rings is 1. The van der Waals surface area contributed by atoms with E-state index in [1.54, 1.807) is 0 Å². The van der Waals surface area contributed by atoms with Crippen LogP contribution in [0.5, 0.6) is 0 Å². The van der Waals surface area contributed by atoms with Gasteiger partial charge in [-0.1, -0.05) is 24.3 Å². The van der Waals surface area contributed by atoms with Crippen LogP contribution >= 0.6 is 0 Å². The molecule has 1 aromatic rings. The molecule has 2 amide bonds. The molecule has 0 bridgehead atoms. The average Bonchev–Trinajstić information content (AvgIpc) is 2.79. The molecule has 5 heteroatoms. The van der Waals surface area contributed by atoms with Crippen molar-refractivity contribution in [1.82, 2.24) is 10.6 Å². The molecular weight excluding hydrogens is 268 g/mol. The molecule has 0 aromatic heterocycles. The van der Waals surface area contributed by atoms with Crippen LogP contribution in [0, 0.1) is 0 Å². The molecule has 116 valence electrons. The van der Waals surface area contributed by atoms with Gasteiger partial charge in [-0.25, -0.2) is 4.79 Å². The topological polar surface area (TPSA) is 70.6 Å². The summed E-state index contributed by atoms with van der Waals surface area (Å²) >= 11 is 0. The lowest BCUT2D eigenvalue weighted by atomic mass is 10.1. The number of aliphatic hydroxyl groups excluding tert-OH is 1. The standard InChI is InChI=1S/C16H24N2O3/c1-2-21-10-6-5-9-17-16(20)18-15-13-8-4-3-7-12(13)11-14(15)19/h3-4,7-8,14-15,19H,2,5-6,9-11H2,1H3,(H2,17,18,20)/t14-,15+/m1/s1. The maximum absolute atomic E-state index is 11.9. The van der Waals surface area contributed by atoms with Gasteiger partial charge in [0.25, 0.3) is 0 Å². The zero-order valence-corrected chi connectivity index (χ0v) is 12.5. The summed E-state index contributed by atoms with van der Waals surface area (Å²) in [7, 11) is 0. The maximum Gasteiger partial charge on any atom is 0.315 e. The highest BCUT2D eigenvalue weighted by molar-refractivity contribution is 5.74. The summed E-state index contributed by atoms with van der Waals surface area (Å²) in [4.78, 5) is 11.9. The first-order valence-corrected chi connectivity index (χ1v) is 7.60. The highest BCUT2D eigenvalue weighted by Gasteiger charge is 2.31. The van der Waals surface area contributed by atoms with Gasteiger partial charge >= 0.3 is 6.03 Å². The van der Waals surface area contributed by atoms with Crippen LogP contribution in [0.15, 0.2) is 24.3 Å². The van der Waals surface area contributed by atoms with Crippen molar-refractivity contribution in [3.05, 3.63) is 35.4 Å². The fourth-order valence-electron chi connectivity index (χ4n) is 2.62. The summed E-state index contributed by atoms with van der Waals surface area (Å²) in [5.74, 6) is 0. The van der Waals surface area contributed by atoms with E-state index in [9.17, 15) is 9.90 Å². The Morgan fingerprint density at radius 2 is 2.19 bits per heavy atom. The van der Waals surface area contributed by atoms with Crippen molar-refractivity contribution in [2.45, 2.75) is 38.3 Å². The number of nitrogens with one attached hydrogen (secondary N) is 2. The van der Waals surface area contributed by atoms with E-state index in [4.69, 9.17) is 4.74 Å². The van der Waals surface area contributed by atoms with Crippen LogP contribution in [0.25, 0.3) is 0 Å². The van der Waals surface area contributed by atoms with Crippen molar-refractivity contribution in [3.63, 3.8) is 0 Å². The van der Waals surface area contributed by atoms with E-state index in [1.807, 2.05) is 31.2 Å². The molecule has 21 heavy (non-hydrogen) atoms. The van der Waals surface area contributed by atoms with Crippen molar-refractivity contribution in [2.75, 3.05) is 19.8 Å². The molecule has 0 saturated carbocycles. The molecule has 0 fully saturated rings. The second kappa shape index (κ2) is 8.00. The lowest BCUT2D eigenvalue weighted by molar-refractivity contribution is 0.140. The van der Waals surface area contributed by atoms with Crippen LogP contribution in [-0.4, -0.2) is 37.0 Å². The van der Waals surface area contributed by atoms with E-state index < -0.39 is 6.10 Å². The summed E-state index contributed by atoms with van der Waals surface area (Å²) in [6, 6.07) is 7.28. The summed E-state index contributed by atoms with van der Waals surface area (Å²) in [6.45, 7) is 4.04. The molecule has 2 atom stereocenters. The number of ether oxygens (including phenoxy) is 1. The smallest absolute Gasteiger partial charge is 0.315 e. The maximum atomic E-state index is 11.9. The lowest BCUT2D eigenvalue weighted by Gasteiger charge is -2.18. The van der Waals surface area contributed by atoms with Gasteiger partial charge < -0.3 is 20.5 Å². The second-order valence-electron chi connectivity index (χ2n) is 5.25. The zero-order valence-electron chi connectivity index (χ0n) is 12.5. The molecule has 0 unspecified atom stereocenters. The first kappa shape index (κ1) is 15.8. The van der Waals surface area contributed by atoms with E-state index in [0.29, 0.717) is 13.0 Å². The molecule has 0 spiro atoms. The zero-order chi connectivity index (χ0) is 15.1. The molecule has 0 saturated heterocycles. The number of urea groups is 1. The normalized spacial score (nSPS) is 20.1. The minimum atomic E-state index is -0.550. The van der Waals surface area contributed by atoms with Gasteiger partial charge in [0.1, 0.15) is 0 Å². The van der Waals surface area contributed by atoms with Gasteiger partial charge in [0.2, 0.25) is 0 Å². The number of hydrogen-bond donors (Lipinski definition) is 3. The number of unbranched alkanes of at least 4 members (excludes halogenated alkanes) is 1. The Morgan fingerprint density at radius 3 is 3.00 bits per heavy atom. The van der Waals surface area contributed by atoms with Crippen molar-refractivity contribution < 1.29 is 14.6 Å². The molecule has 2 rings (SSSR count). The van der Waals surface area contributed by atoms with Crippen LogP contribution in [0.4, 0.5) is 4.79 Å². The highest BCUT2D eigenvalue weighted by atomic mass is 16.5. The van der Waals surface area contributed by atoms with Gasteiger partial charge in [0.05, 0.1) is 12.1 Å². The molecule has 1 aromatic carbocycles. The molecule has 1 aliphatic rings. The van der Waals surface area contributed by atoms with Crippen LogP contribution in [0.3, 0.4) is 0 Å². The first-order valence-electron chi connectivity index (χ1n) is 7.60. The largest absolute Gasteiger partial charge is 0.390 e. The van der Waals surface area contributed by atoms with Gasteiger partial charge in [-0.15, -0.1) is 0 Å². The second-order valence-corrected chi connectivity index (χ2v) is 5.25. The summed E-state index contributed by atoms with van der Waals surface area (Å²) in [6.07, 6.45) is 1.86. The minimum Gasteiger partial charge on any atom is -0.390 e. The Kier molecular flexibility index (Phi) is 6.02. The third-order valence-electron chi connectivity index (χ3n) is 3.70. The Bertz CT molecular complexity index is 465. The SMILES string of the molecule is CCOCCCCNC(=O)N[C@H]1c2ccccc2C[C@H]1O. The summed E-state index contributed by atoms with van der Waals surface area (Å²) in [5.41, 5.74) is 2.11. The van der Waals surface area contributed by atoms with Crippen molar-refractivity contribution in [1.29, 1.82) is 0 Å². The van der Waals surface area contributed by atoms with Crippen molar-refractivity contribution in [3.8, 4) is 0 Å². The highest BCUT2D eigenvalue weighted by Crippen LogP contribution is 2.30. The molecular formula is C16H24N2O3. The summed E-state index contributed by atoms with van der Waals surface area (Å²) < 4.78 is 5.24. The van der Waals surface area contributed by atoms with E-state index >= 15 is 0 Å². The van der Waals surface area contributed by atoms with Gasteiger partial charge in [-0.3, -0.25) is 0 Å².